The van der Waals surface area contributed by atoms with Gasteiger partial charge in [-0.2, -0.15) is 0 Å². The average molecular weight is 423 g/mol. The van der Waals surface area contributed by atoms with Gasteiger partial charge < -0.3 is 9.64 Å². The monoisotopic (exact) mass is 423 g/mol. The van der Waals surface area contributed by atoms with Crippen molar-refractivity contribution in [1.82, 2.24) is 9.88 Å². The quantitative estimate of drug-likeness (QED) is 0.548. The van der Waals surface area contributed by atoms with Gasteiger partial charge in [0.2, 0.25) is 0 Å². The minimum absolute atomic E-state index is 0.0243. The molecule has 29 heavy (non-hydrogen) atoms. The van der Waals surface area contributed by atoms with Gasteiger partial charge in [-0.15, -0.1) is 0 Å². The Bertz CT molecular complexity index is 993. The van der Waals surface area contributed by atoms with Crippen molar-refractivity contribution in [2.45, 2.75) is 6.42 Å². The number of hydrogen-bond acceptors (Lipinski definition) is 5. The summed E-state index contributed by atoms with van der Waals surface area (Å²) in [5.74, 6) is -1.91. The number of carbonyl (C=O) groups is 1. The Balaban J connectivity index is 1.80. The van der Waals surface area contributed by atoms with E-state index in [1.165, 1.54) is 35.2 Å². The fourth-order valence-corrected chi connectivity index (χ4v) is 3.74. The minimum atomic E-state index is -0.772. The Labute approximate surface area is 170 Å². The molecule has 0 saturated heterocycles. The van der Waals surface area contributed by atoms with Gasteiger partial charge in [-0.3, -0.25) is 9.69 Å². The number of rotatable bonds is 8. The maximum absolute atomic E-state index is 14.0. The third kappa shape index (κ3) is 5.45. The van der Waals surface area contributed by atoms with Crippen molar-refractivity contribution >= 4 is 32.6 Å². The van der Waals surface area contributed by atoms with E-state index < -0.39 is 17.5 Å². The molecule has 9 heteroatoms. The molecular weight excluding hydrogens is 403 g/mol. The second-order valence-electron chi connectivity index (χ2n) is 6.68. The van der Waals surface area contributed by atoms with E-state index in [0.29, 0.717) is 23.4 Å². The summed E-state index contributed by atoms with van der Waals surface area (Å²) in [5.41, 5.74) is 0.0243. The van der Waals surface area contributed by atoms with Crippen LogP contribution in [0.15, 0.2) is 36.4 Å². The molecule has 3 rings (SSSR count). The van der Waals surface area contributed by atoms with E-state index in [9.17, 15) is 18.0 Å². The molecule has 0 aliphatic rings. The lowest BCUT2D eigenvalue weighted by Crippen LogP contribution is -2.36. The molecule has 0 bridgehead atoms. The molecule has 0 fully saturated rings. The van der Waals surface area contributed by atoms with Crippen LogP contribution in [0.4, 0.5) is 18.3 Å². The van der Waals surface area contributed by atoms with Gasteiger partial charge in [-0.1, -0.05) is 11.3 Å². The predicted octanol–water partition coefficient (Wildman–Crippen LogP) is 4.08. The summed E-state index contributed by atoms with van der Waals surface area (Å²) < 4.78 is 46.3. The Kier molecular flexibility index (Phi) is 6.71. The minimum Gasteiger partial charge on any atom is -0.484 e. The van der Waals surface area contributed by atoms with Crippen molar-refractivity contribution < 1.29 is 22.7 Å². The summed E-state index contributed by atoms with van der Waals surface area (Å²) in [6, 6.07) is 7.28. The fourth-order valence-electron chi connectivity index (χ4n) is 2.69. The van der Waals surface area contributed by atoms with E-state index in [1.807, 2.05) is 19.0 Å². The van der Waals surface area contributed by atoms with E-state index in [4.69, 9.17) is 4.74 Å². The highest BCUT2D eigenvalue weighted by Crippen LogP contribution is 2.31. The van der Waals surface area contributed by atoms with Crippen molar-refractivity contribution in [1.29, 1.82) is 0 Å². The number of halogens is 3. The topological polar surface area (TPSA) is 45.7 Å². The van der Waals surface area contributed by atoms with Crippen LogP contribution in [0.1, 0.15) is 6.42 Å². The number of aromatic nitrogens is 1. The zero-order valence-electron chi connectivity index (χ0n) is 16.0. The largest absolute Gasteiger partial charge is 0.484 e. The predicted molar refractivity (Wildman–Crippen MR) is 107 cm³/mol. The molecule has 0 saturated carbocycles. The Morgan fingerprint density at radius 2 is 1.79 bits per heavy atom. The van der Waals surface area contributed by atoms with Gasteiger partial charge in [0.25, 0.3) is 5.91 Å². The van der Waals surface area contributed by atoms with Gasteiger partial charge in [0.05, 0.1) is 4.70 Å². The van der Waals surface area contributed by atoms with Gasteiger partial charge in [0, 0.05) is 12.6 Å². The molecular formula is C20H20F3N3O2S. The fraction of sp³-hybridized carbons (Fsp3) is 0.300. The van der Waals surface area contributed by atoms with E-state index in [0.717, 1.165) is 23.9 Å². The third-order valence-electron chi connectivity index (χ3n) is 4.10. The number of fused-ring (bicyclic) bond motifs is 1. The highest BCUT2D eigenvalue weighted by atomic mass is 32.1. The van der Waals surface area contributed by atoms with E-state index >= 15 is 0 Å². The molecule has 1 heterocycles. The number of anilines is 1. The van der Waals surface area contributed by atoms with Gasteiger partial charge in [0.15, 0.2) is 17.6 Å². The van der Waals surface area contributed by atoms with Crippen LogP contribution in [-0.2, 0) is 4.79 Å². The Hall–Kier alpha value is -2.65. The second-order valence-corrected chi connectivity index (χ2v) is 7.68. The molecule has 0 N–H and O–H groups in total. The first-order valence-electron chi connectivity index (χ1n) is 8.92. The number of hydrogen-bond donors (Lipinski definition) is 0. The molecule has 0 radical (unpaired) electrons. The molecule has 5 nitrogen and oxygen atoms in total. The number of benzene rings is 2. The summed E-state index contributed by atoms with van der Waals surface area (Å²) in [6.45, 7) is 0.782. The molecule has 0 atom stereocenters. The smallest absolute Gasteiger partial charge is 0.266 e. The summed E-state index contributed by atoms with van der Waals surface area (Å²) >= 11 is 1.04. The SMILES string of the molecule is CN(C)CCCN(C(=O)COc1ccc(F)cc1)c1nc2c(F)cc(F)cc2s1. The third-order valence-corrected chi connectivity index (χ3v) is 5.12. The lowest BCUT2D eigenvalue weighted by atomic mass is 10.3. The summed E-state index contributed by atoms with van der Waals surface area (Å²) in [6.07, 6.45) is 0.655. The van der Waals surface area contributed by atoms with Crippen LogP contribution in [0.3, 0.4) is 0 Å². The molecule has 3 aromatic rings. The molecule has 154 valence electrons. The number of ether oxygens (including phenoxy) is 1. The zero-order valence-corrected chi connectivity index (χ0v) is 16.8. The highest BCUT2D eigenvalue weighted by molar-refractivity contribution is 7.22. The first-order valence-corrected chi connectivity index (χ1v) is 9.74. The number of carbonyl (C=O) groups excluding carboxylic acids is 1. The highest BCUT2D eigenvalue weighted by Gasteiger charge is 2.21. The Morgan fingerprint density at radius 1 is 1.07 bits per heavy atom. The van der Waals surface area contributed by atoms with Gasteiger partial charge >= 0.3 is 0 Å². The molecule has 0 aliphatic carbocycles. The summed E-state index contributed by atoms with van der Waals surface area (Å²) in [5, 5.41) is 0.274. The van der Waals surface area contributed by atoms with E-state index in [1.54, 1.807) is 0 Å². The molecule has 2 aromatic carbocycles. The molecule has 0 unspecified atom stereocenters. The van der Waals surface area contributed by atoms with Crippen molar-refractivity contribution in [2.75, 3.05) is 38.7 Å². The first-order chi connectivity index (χ1) is 13.8. The molecule has 1 amide bonds. The van der Waals surface area contributed by atoms with Gasteiger partial charge in [-0.05, 0) is 57.4 Å². The zero-order chi connectivity index (χ0) is 21.0. The van der Waals surface area contributed by atoms with Crippen LogP contribution in [0.5, 0.6) is 5.75 Å². The standard InChI is InChI=1S/C20H20F3N3O2S/c1-25(2)8-3-9-26(18(27)12-28-15-6-4-13(21)5-7-15)20-24-19-16(23)10-14(22)11-17(19)29-20/h4-7,10-11H,3,8-9,12H2,1-2H3. The average Bonchev–Trinajstić information content (AvgIpc) is 3.08. The van der Waals surface area contributed by atoms with Gasteiger partial charge in [-0.25, -0.2) is 18.2 Å². The van der Waals surface area contributed by atoms with Crippen LogP contribution < -0.4 is 9.64 Å². The lowest BCUT2D eigenvalue weighted by molar-refractivity contribution is -0.120. The van der Waals surface area contributed by atoms with Crippen molar-refractivity contribution in [3.8, 4) is 5.75 Å². The Morgan fingerprint density at radius 3 is 2.48 bits per heavy atom. The number of thiazole rings is 1. The first kappa shape index (κ1) is 21.1. The van der Waals surface area contributed by atoms with Crippen LogP contribution in [0, 0.1) is 17.5 Å². The van der Waals surface area contributed by atoms with Crippen LogP contribution in [0.2, 0.25) is 0 Å². The van der Waals surface area contributed by atoms with Crippen molar-refractivity contribution in [3.05, 3.63) is 53.8 Å². The number of amides is 1. The van der Waals surface area contributed by atoms with E-state index in [2.05, 4.69) is 4.98 Å². The van der Waals surface area contributed by atoms with Gasteiger partial charge in [0.1, 0.15) is 22.9 Å². The molecule has 0 aliphatic heterocycles. The maximum Gasteiger partial charge on any atom is 0.266 e. The van der Waals surface area contributed by atoms with Crippen LogP contribution >= 0.6 is 11.3 Å². The van der Waals surface area contributed by atoms with Crippen LogP contribution in [0.25, 0.3) is 10.2 Å². The number of nitrogens with zero attached hydrogens (tertiary/aromatic N) is 3. The molecule has 0 spiro atoms. The molecule has 1 aromatic heterocycles. The summed E-state index contributed by atoms with van der Waals surface area (Å²) in [7, 11) is 3.83. The second kappa shape index (κ2) is 9.23. The summed E-state index contributed by atoms with van der Waals surface area (Å²) in [4.78, 5) is 20.4. The lowest BCUT2D eigenvalue weighted by Gasteiger charge is -2.21. The van der Waals surface area contributed by atoms with Crippen LogP contribution in [-0.4, -0.2) is 49.6 Å². The van der Waals surface area contributed by atoms with E-state index in [-0.39, 0.29) is 23.2 Å². The maximum atomic E-state index is 14.0. The van der Waals surface area contributed by atoms with Crippen molar-refractivity contribution in [3.63, 3.8) is 0 Å². The van der Waals surface area contributed by atoms with Crippen molar-refractivity contribution in [2.24, 2.45) is 0 Å². The normalized spacial score (nSPS) is 11.2.